The summed E-state index contributed by atoms with van der Waals surface area (Å²) in [7, 11) is 0. The molecule has 0 aliphatic heterocycles. The molecule has 2 aromatic carbocycles. The lowest BCUT2D eigenvalue weighted by molar-refractivity contribution is 0.209. The second-order valence-corrected chi connectivity index (χ2v) is 7.57. The van der Waals surface area contributed by atoms with E-state index in [9.17, 15) is 4.79 Å². The molecule has 0 spiro atoms. The third kappa shape index (κ3) is 6.40. The van der Waals surface area contributed by atoms with Crippen molar-refractivity contribution in [3.05, 3.63) is 69.7 Å². The highest BCUT2D eigenvalue weighted by molar-refractivity contribution is 6.36. The number of halogens is 2. The number of carbonyl (C=O) groups excluding carboxylic acids is 1. The second kappa shape index (κ2) is 9.65. The standard InChI is InChI=1S/C21H24Cl2N2O/c1-15(2)13-25(14-16(3)11-17-7-5-4-6-8-17)21(26)24-20-10-9-18(22)12-19(20)23/h4-12,15H,13-14H2,1-3H3,(H,24,26)/b16-11+. The number of benzene rings is 2. The van der Waals surface area contributed by atoms with Gasteiger partial charge < -0.3 is 10.2 Å². The Morgan fingerprint density at radius 2 is 1.85 bits per heavy atom. The van der Waals surface area contributed by atoms with Crippen molar-refractivity contribution in [2.75, 3.05) is 18.4 Å². The molecule has 3 nitrogen and oxygen atoms in total. The number of nitrogens with one attached hydrogen (secondary N) is 1. The van der Waals surface area contributed by atoms with Gasteiger partial charge in [-0.3, -0.25) is 0 Å². The van der Waals surface area contributed by atoms with Gasteiger partial charge in [-0.05, 0) is 36.6 Å². The van der Waals surface area contributed by atoms with E-state index in [4.69, 9.17) is 23.2 Å². The van der Waals surface area contributed by atoms with E-state index in [1.54, 1.807) is 23.1 Å². The lowest BCUT2D eigenvalue weighted by Crippen LogP contribution is -2.38. The number of nitrogens with zero attached hydrogens (tertiary/aromatic N) is 1. The first kappa shape index (κ1) is 20.3. The van der Waals surface area contributed by atoms with Crippen LogP contribution in [0.3, 0.4) is 0 Å². The molecule has 0 aliphatic carbocycles. The summed E-state index contributed by atoms with van der Waals surface area (Å²) < 4.78 is 0. The van der Waals surface area contributed by atoms with E-state index in [1.165, 1.54) is 0 Å². The largest absolute Gasteiger partial charge is 0.322 e. The highest BCUT2D eigenvalue weighted by atomic mass is 35.5. The summed E-state index contributed by atoms with van der Waals surface area (Å²) in [5.74, 6) is 0.353. The molecule has 0 aliphatic rings. The topological polar surface area (TPSA) is 32.3 Å². The third-order valence-corrected chi connectivity index (χ3v) is 4.25. The molecule has 0 aromatic heterocycles. The molecular formula is C21H24Cl2N2O. The first-order valence-corrected chi connectivity index (χ1v) is 9.34. The summed E-state index contributed by atoms with van der Waals surface area (Å²) in [4.78, 5) is 14.6. The van der Waals surface area contributed by atoms with Crippen LogP contribution in [-0.4, -0.2) is 24.0 Å². The van der Waals surface area contributed by atoms with Crippen LogP contribution in [0.25, 0.3) is 6.08 Å². The van der Waals surface area contributed by atoms with E-state index < -0.39 is 0 Å². The Kier molecular flexibility index (Phi) is 7.55. The molecule has 1 N–H and O–H groups in total. The van der Waals surface area contributed by atoms with E-state index in [2.05, 4.69) is 25.2 Å². The summed E-state index contributed by atoms with van der Waals surface area (Å²) in [6, 6.07) is 14.9. The van der Waals surface area contributed by atoms with Crippen molar-refractivity contribution in [2.45, 2.75) is 20.8 Å². The average Bonchev–Trinajstić information content (AvgIpc) is 2.57. The van der Waals surface area contributed by atoms with Crippen molar-refractivity contribution in [1.82, 2.24) is 4.90 Å². The normalized spacial score (nSPS) is 11.5. The molecule has 0 radical (unpaired) electrons. The maximum atomic E-state index is 12.8. The highest BCUT2D eigenvalue weighted by Gasteiger charge is 2.16. The number of hydrogen-bond acceptors (Lipinski definition) is 1. The molecule has 5 heteroatoms. The van der Waals surface area contributed by atoms with Crippen LogP contribution >= 0.6 is 23.2 Å². The van der Waals surface area contributed by atoms with Crippen molar-refractivity contribution in [3.63, 3.8) is 0 Å². The van der Waals surface area contributed by atoms with E-state index in [0.717, 1.165) is 11.1 Å². The Morgan fingerprint density at radius 1 is 1.15 bits per heavy atom. The maximum absolute atomic E-state index is 12.8. The summed E-state index contributed by atoms with van der Waals surface area (Å²) in [5, 5.41) is 3.84. The first-order chi connectivity index (χ1) is 12.3. The Morgan fingerprint density at radius 3 is 2.46 bits per heavy atom. The molecule has 0 unspecified atom stereocenters. The lowest BCUT2D eigenvalue weighted by Gasteiger charge is -2.25. The quantitative estimate of drug-likeness (QED) is 0.592. The molecule has 0 fully saturated rings. The van der Waals surface area contributed by atoms with Crippen molar-refractivity contribution >= 4 is 41.0 Å². The predicted octanol–water partition coefficient (Wildman–Crippen LogP) is 6.59. The smallest absolute Gasteiger partial charge is 0.320 e. The van der Waals surface area contributed by atoms with Crippen molar-refractivity contribution in [1.29, 1.82) is 0 Å². The number of rotatable bonds is 6. The minimum Gasteiger partial charge on any atom is -0.320 e. The van der Waals surface area contributed by atoms with Gasteiger partial charge in [0.25, 0.3) is 0 Å². The molecule has 0 atom stereocenters. The van der Waals surface area contributed by atoms with E-state index in [0.29, 0.717) is 34.7 Å². The predicted molar refractivity (Wildman–Crippen MR) is 112 cm³/mol. The Bertz CT molecular complexity index is 773. The molecule has 0 heterocycles. The maximum Gasteiger partial charge on any atom is 0.322 e. The van der Waals surface area contributed by atoms with Crippen LogP contribution in [0.2, 0.25) is 10.0 Å². The summed E-state index contributed by atoms with van der Waals surface area (Å²) >= 11 is 12.1. The van der Waals surface area contributed by atoms with Gasteiger partial charge in [0.1, 0.15) is 0 Å². The number of amides is 2. The van der Waals surface area contributed by atoms with Crippen LogP contribution in [-0.2, 0) is 0 Å². The third-order valence-electron chi connectivity index (χ3n) is 3.70. The van der Waals surface area contributed by atoms with Gasteiger partial charge in [0.2, 0.25) is 0 Å². The van der Waals surface area contributed by atoms with Crippen molar-refractivity contribution < 1.29 is 4.79 Å². The van der Waals surface area contributed by atoms with Gasteiger partial charge in [0, 0.05) is 18.1 Å². The molecule has 138 valence electrons. The fourth-order valence-corrected chi connectivity index (χ4v) is 3.08. The molecular weight excluding hydrogens is 367 g/mol. The second-order valence-electron chi connectivity index (χ2n) is 6.73. The molecule has 0 bridgehead atoms. The van der Waals surface area contributed by atoms with Gasteiger partial charge in [0.15, 0.2) is 0 Å². The molecule has 0 saturated heterocycles. The van der Waals surface area contributed by atoms with Crippen LogP contribution in [0, 0.1) is 5.92 Å². The van der Waals surface area contributed by atoms with Gasteiger partial charge in [0.05, 0.1) is 10.7 Å². The number of carbonyl (C=O) groups is 1. The van der Waals surface area contributed by atoms with Crippen molar-refractivity contribution in [2.24, 2.45) is 5.92 Å². The number of hydrogen-bond donors (Lipinski definition) is 1. The summed E-state index contributed by atoms with van der Waals surface area (Å²) in [5.41, 5.74) is 2.78. The molecule has 2 amide bonds. The fraction of sp³-hybridized carbons (Fsp3) is 0.286. The summed E-state index contributed by atoms with van der Waals surface area (Å²) in [6.45, 7) is 7.40. The van der Waals surface area contributed by atoms with Crippen LogP contribution in [0.1, 0.15) is 26.3 Å². The zero-order valence-corrected chi connectivity index (χ0v) is 16.8. The zero-order chi connectivity index (χ0) is 19.1. The Hall–Kier alpha value is -1.97. The molecule has 0 saturated carbocycles. The number of urea groups is 1. The van der Waals surface area contributed by atoms with Gasteiger partial charge >= 0.3 is 6.03 Å². The molecule has 2 aromatic rings. The van der Waals surface area contributed by atoms with Gasteiger partial charge in [-0.15, -0.1) is 0 Å². The molecule has 2 rings (SSSR count). The van der Waals surface area contributed by atoms with Crippen LogP contribution in [0.15, 0.2) is 54.1 Å². The van der Waals surface area contributed by atoms with Crippen molar-refractivity contribution in [3.8, 4) is 0 Å². The Balaban J connectivity index is 2.12. The Labute approximate surface area is 165 Å². The average molecular weight is 391 g/mol. The summed E-state index contributed by atoms with van der Waals surface area (Å²) in [6.07, 6.45) is 2.09. The zero-order valence-electron chi connectivity index (χ0n) is 15.3. The van der Waals surface area contributed by atoms with Gasteiger partial charge in [-0.2, -0.15) is 0 Å². The minimum atomic E-state index is -0.177. The van der Waals surface area contributed by atoms with E-state index in [-0.39, 0.29) is 6.03 Å². The SMILES string of the molecule is C/C(=C\c1ccccc1)CN(CC(C)C)C(=O)Nc1ccc(Cl)cc1Cl. The highest BCUT2D eigenvalue weighted by Crippen LogP contribution is 2.25. The van der Waals surface area contributed by atoms with Crippen LogP contribution < -0.4 is 5.32 Å². The van der Waals surface area contributed by atoms with Crippen LogP contribution in [0.4, 0.5) is 10.5 Å². The van der Waals surface area contributed by atoms with Gasteiger partial charge in [-0.1, -0.05) is 79.0 Å². The van der Waals surface area contributed by atoms with E-state index in [1.807, 2.05) is 37.3 Å². The number of anilines is 1. The first-order valence-electron chi connectivity index (χ1n) is 8.58. The van der Waals surface area contributed by atoms with Gasteiger partial charge in [-0.25, -0.2) is 4.79 Å². The van der Waals surface area contributed by atoms with Crippen LogP contribution in [0.5, 0.6) is 0 Å². The van der Waals surface area contributed by atoms with E-state index >= 15 is 0 Å². The lowest BCUT2D eigenvalue weighted by atomic mass is 10.1. The monoisotopic (exact) mass is 390 g/mol. The molecule has 26 heavy (non-hydrogen) atoms. The fourth-order valence-electron chi connectivity index (χ4n) is 2.63. The minimum absolute atomic E-state index is 0.177.